The van der Waals surface area contributed by atoms with Crippen LogP contribution in [-0.2, 0) is 4.84 Å². The largest absolute Gasteiger partial charge is 0.345 e. The van der Waals surface area contributed by atoms with Gasteiger partial charge in [0.1, 0.15) is 23.4 Å². The number of aromatic nitrogens is 5. The van der Waals surface area contributed by atoms with E-state index in [1.807, 2.05) is 37.3 Å². The van der Waals surface area contributed by atoms with E-state index >= 15 is 0 Å². The molecule has 1 aromatic carbocycles. The lowest BCUT2D eigenvalue weighted by molar-refractivity contribution is -0.0614. The first-order valence-corrected chi connectivity index (χ1v) is 12.8. The third-order valence-corrected chi connectivity index (χ3v) is 6.34. The molecule has 1 unspecified atom stereocenters. The molecule has 1 atom stereocenters. The lowest BCUT2D eigenvalue weighted by atomic mass is 10.0. The van der Waals surface area contributed by atoms with Gasteiger partial charge in [-0.15, -0.1) is 0 Å². The van der Waals surface area contributed by atoms with E-state index in [4.69, 9.17) is 4.84 Å². The Kier molecular flexibility index (Phi) is 8.35. The van der Waals surface area contributed by atoms with Crippen molar-refractivity contribution in [1.29, 1.82) is 0 Å². The van der Waals surface area contributed by atoms with E-state index in [0.717, 1.165) is 28.8 Å². The number of rotatable bonds is 5. The highest BCUT2D eigenvalue weighted by Crippen LogP contribution is 2.32. The summed E-state index contributed by atoms with van der Waals surface area (Å²) in [5, 5.41) is 7.59. The number of hydrogen-bond acceptors (Lipinski definition) is 7. The summed E-state index contributed by atoms with van der Waals surface area (Å²) in [4.78, 5) is 38.1. The highest BCUT2D eigenvalue weighted by Gasteiger charge is 2.20. The summed E-state index contributed by atoms with van der Waals surface area (Å²) in [6.07, 6.45) is 10.7. The second-order valence-corrected chi connectivity index (χ2v) is 9.14. The predicted octanol–water partition coefficient (Wildman–Crippen LogP) is 6.02. The van der Waals surface area contributed by atoms with Gasteiger partial charge in [-0.1, -0.05) is 30.4 Å². The molecule has 2 aliphatic rings. The molecule has 3 aromatic heterocycles. The normalized spacial score (nSPS) is 16.2. The zero-order chi connectivity index (χ0) is 27.9. The monoisotopic (exact) mass is 546 g/mol. The number of alkyl halides is 2. The molecule has 1 aliphatic carbocycles. The Bertz CT molecular complexity index is 1530. The number of halogens is 2. The number of allylic oxidation sites excluding steroid dienone is 4. The van der Waals surface area contributed by atoms with Crippen LogP contribution in [0.4, 0.5) is 30.8 Å². The first kappa shape index (κ1) is 26.9. The molecule has 12 heteroatoms. The molecule has 40 heavy (non-hydrogen) atoms. The van der Waals surface area contributed by atoms with Gasteiger partial charge in [0.2, 0.25) is 6.43 Å². The summed E-state index contributed by atoms with van der Waals surface area (Å²) in [7, 11) is 0. The maximum Gasteiger partial charge on any atom is 0.345 e. The number of imidazole rings is 1. The molecule has 0 spiro atoms. The van der Waals surface area contributed by atoms with Crippen molar-refractivity contribution in [2.45, 2.75) is 26.2 Å². The molecule has 1 aliphatic heterocycles. The fraction of sp³-hybridized carbons (Fsp3) is 0.250. The zero-order valence-electron chi connectivity index (χ0n) is 21.7. The lowest BCUT2D eigenvalue weighted by Gasteiger charge is -2.17. The number of carbonyl (C=O) groups excluding carboxylic acids is 1. The molecule has 1 saturated heterocycles. The second-order valence-electron chi connectivity index (χ2n) is 9.14. The minimum Gasteiger partial charge on any atom is -0.341 e. The molecule has 6 rings (SSSR count). The van der Waals surface area contributed by atoms with Gasteiger partial charge in [-0.3, -0.25) is 4.84 Å². The van der Waals surface area contributed by atoms with Gasteiger partial charge in [0, 0.05) is 29.1 Å². The smallest absolute Gasteiger partial charge is 0.341 e. The number of pyridine rings is 1. The molecule has 206 valence electrons. The fourth-order valence-corrected chi connectivity index (χ4v) is 4.21. The van der Waals surface area contributed by atoms with E-state index in [0.29, 0.717) is 42.4 Å². The number of nitrogens with one attached hydrogen (secondary N) is 3. The first-order chi connectivity index (χ1) is 19.5. The Morgan fingerprint density at radius 2 is 2.08 bits per heavy atom. The number of aromatic amines is 1. The minimum absolute atomic E-state index is 0.284. The molecule has 0 bridgehead atoms. The number of H-pyrrole nitrogens is 1. The first-order valence-electron chi connectivity index (χ1n) is 12.8. The molecular formula is C28H28F2N8O2. The average Bonchev–Trinajstić information content (AvgIpc) is 3.69. The number of hydrogen-bond donors (Lipinski definition) is 3. The van der Waals surface area contributed by atoms with Gasteiger partial charge in [-0.05, 0) is 49.6 Å². The second kappa shape index (κ2) is 12.4. The SMILES string of the molecule is Cc1ccc(NC(=O)N2CCCO2)cc1Nc1ncccc1-c1ncnc2nc[nH]c12.FC(F)C1C=CC=CC1. The van der Waals surface area contributed by atoms with E-state index in [1.165, 1.54) is 11.4 Å². The van der Waals surface area contributed by atoms with Crippen LogP contribution >= 0.6 is 0 Å². The van der Waals surface area contributed by atoms with Crippen LogP contribution in [0.25, 0.3) is 22.4 Å². The predicted molar refractivity (Wildman–Crippen MR) is 148 cm³/mol. The Morgan fingerprint density at radius 3 is 2.83 bits per heavy atom. The summed E-state index contributed by atoms with van der Waals surface area (Å²) in [6.45, 7) is 3.13. The minimum atomic E-state index is -2.20. The summed E-state index contributed by atoms with van der Waals surface area (Å²) in [6, 6.07) is 9.16. The molecule has 1 fully saturated rings. The number of carbonyl (C=O) groups is 1. The Labute approximate surface area is 229 Å². The summed E-state index contributed by atoms with van der Waals surface area (Å²) < 4.78 is 23.7. The van der Waals surface area contributed by atoms with Crippen LogP contribution in [0.3, 0.4) is 0 Å². The van der Waals surface area contributed by atoms with Crippen molar-refractivity contribution in [2.24, 2.45) is 5.92 Å². The Morgan fingerprint density at radius 1 is 1.18 bits per heavy atom. The summed E-state index contributed by atoms with van der Waals surface area (Å²) >= 11 is 0. The average molecular weight is 547 g/mol. The van der Waals surface area contributed by atoms with Crippen LogP contribution in [-0.4, -0.2) is 55.6 Å². The van der Waals surface area contributed by atoms with Crippen LogP contribution < -0.4 is 10.6 Å². The van der Waals surface area contributed by atoms with Crippen LogP contribution in [0.1, 0.15) is 18.4 Å². The van der Waals surface area contributed by atoms with Crippen molar-refractivity contribution in [3.63, 3.8) is 0 Å². The van der Waals surface area contributed by atoms with Crippen molar-refractivity contribution >= 4 is 34.4 Å². The van der Waals surface area contributed by atoms with Gasteiger partial charge < -0.3 is 15.6 Å². The Balaban J connectivity index is 0.000000306. The molecule has 4 aromatic rings. The molecule has 0 radical (unpaired) electrons. The molecule has 0 saturated carbocycles. The van der Waals surface area contributed by atoms with Gasteiger partial charge in [-0.2, -0.15) is 0 Å². The quantitative estimate of drug-likeness (QED) is 0.280. The van der Waals surface area contributed by atoms with E-state index in [2.05, 4.69) is 35.6 Å². The lowest BCUT2D eigenvalue weighted by Crippen LogP contribution is -2.31. The van der Waals surface area contributed by atoms with Crippen molar-refractivity contribution < 1.29 is 18.4 Å². The number of aryl methyl sites for hydroxylation is 1. The fourth-order valence-electron chi connectivity index (χ4n) is 4.21. The van der Waals surface area contributed by atoms with Gasteiger partial charge in [0.15, 0.2) is 5.65 Å². The van der Waals surface area contributed by atoms with Crippen LogP contribution in [0, 0.1) is 12.8 Å². The molecular weight excluding hydrogens is 518 g/mol. The highest BCUT2D eigenvalue weighted by molar-refractivity contribution is 5.92. The van der Waals surface area contributed by atoms with Crippen molar-refractivity contribution in [3.8, 4) is 11.3 Å². The zero-order valence-corrected chi connectivity index (χ0v) is 21.7. The number of benzene rings is 1. The third kappa shape index (κ3) is 6.29. The maximum atomic E-state index is 12.3. The number of hydroxylamine groups is 2. The number of nitrogens with zero attached hydrogens (tertiary/aromatic N) is 5. The van der Waals surface area contributed by atoms with E-state index < -0.39 is 12.3 Å². The van der Waals surface area contributed by atoms with Gasteiger partial charge in [0.05, 0.1) is 19.5 Å². The summed E-state index contributed by atoms with van der Waals surface area (Å²) in [5.74, 6) is 0.0848. The molecule has 4 heterocycles. The molecule has 10 nitrogen and oxygen atoms in total. The summed E-state index contributed by atoms with van der Waals surface area (Å²) in [5.41, 5.74) is 5.30. The topological polar surface area (TPSA) is 121 Å². The number of amides is 2. The van der Waals surface area contributed by atoms with Gasteiger partial charge >= 0.3 is 6.03 Å². The third-order valence-electron chi connectivity index (χ3n) is 6.34. The van der Waals surface area contributed by atoms with Crippen LogP contribution in [0.15, 0.2) is 73.5 Å². The number of anilines is 3. The van der Waals surface area contributed by atoms with Gasteiger partial charge in [-0.25, -0.2) is 38.6 Å². The molecule has 3 N–H and O–H groups in total. The van der Waals surface area contributed by atoms with Gasteiger partial charge in [0.25, 0.3) is 0 Å². The number of fused-ring (bicyclic) bond motifs is 1. The highest BCUT2D eigenvalue weighted by atomic mass is 19.3. The van der Waals surface area contributed by atoms with E-state index in [1.54, 1.807) is 36.8 Å². The molecule has 2 amide bonds. The maximum absolute atomic E-state index is 12.3. The number of urea groups is 1. The van der Waals surface area contributed by atoms with E-state index in [9.17, 15) is 13.6 Å². The van der Waals surface area contributed by atoms with Crippen LogP contribution in [0.2, 0.25) is 0 Å². The Hall–Kier alpha value is -4.71. The van der Waals surface area contributed by atoms with Crippen molar-refractivity contribution in [3.05, 3.63) is 79.1 Å². The van der Waals surface area contributed by atoms with Crippen molar-refractivity contribution in [1.82, 2.24) is 30.0 Å². The van der Waals surface area contributed by atoms with E-state index in [-0.39, 0.29) is 6.03 Å². The standard InChI is InChI=1S/C21H20N8O2.C7H8F2/c1-13-5-6-14(27-21(30)29-8-3-9-31-29)10-16(13)28-19-15(4-2-7-22-19)17-18-20(25-11-23-17)26-12-24-18;8-7(9)6-4-2-1-3-5-6/h2,4-7,10-12H,3,8-9H2,1H3,(H,22,28)(H,27,30)(H,23,24,25,26);1-4,6-7H,5H2. The van der Waals surface area contributed by atoms with Crippen LogP contribution in [0.5, 0.6) is 0 Å². The van der Waals surface area contributed by atoms with Crippen molar-refractivity contribution in [2.75, 3.05) is 23.8 Å².